The van der Waals surface area contributed by atoms with Crippen LogP contribution in [0.5, 0.6) is 0 Å². The van der Waals surface area contributed by atoms with E-state index in [0.29, 0.717) is 22.3 Å². The summed E-state index contributed by atoms with van der Waals surface area (Å²) in [6, 6.07) is 6.77. The molecule has 0 saturated carbocycles. The van der Waals surface area contributed by atoms with Crippen molar-refractivity contribution in [1.29, 1.82) is 0 Å². The maximum atomic E-state index is 12.7. The summed E-state index contributed by atoms with van der Waals surface area (Å²) < 4.78 is 11.5. The summed E-state index contributed by atoms with van der Waals surface area (Å²) in [5, 5.41) is 3.20. The van der Waals surface area contributed by atoms with Crippen molar-refractivity contribution in [3.8, 4) is 0 Å². The quantitative estimate of drug-likeness (QED) is 0.573. The number of aryl methyl sites for hydroxylation is 2. The number of nitrogens with zero attached hydrogens (tertiary/aromatic N) is 1. The highest BCUT2D eigenvalue weighted by Crippen LogP contribution is 2.23. The Labute approximate surface area is 175 Å². The van der Waals surface area contributed by atoms with Crippen LogP contribution in [0.3, 0.4) is 0 Å². The van der Waals surface area contributed by atoms with Crippen molar-refractivity contribution in [3.05, 3.63) is 67.7 Å². The fraction of sp³-hybridized carbons (Fsp3) is 0.238. The molecular formula is C21H19BrN2O5. The number of hydrogen-bond acceptors (Lipinski definition) is 6. The van der Waals surface area contributed by atoms with E-state index in [0.717, 1.165) is 10.0 Å². The Morgan fingerprint density at radius 2 is 2.00 bits per heavy atom. The lowest BCUT2D eigenvalue weighted by atomic mass is 10.1. The molecule has 0 bridgehead atoms. The summed E-state index contributed by atoms with van der Waals surface area (Å²) in [6.07, 6.45) is 1.78. The van der Waals surface area contributed by atoms with Crippen molar-refractivity contribution < 1.29 is 18.7 Å². The lowest BCUT2D eigenvalue weighted by Crippen LogP contribution is -2.21. The fourth-order valence-corrected chi connectivity index (χ4v) is 2.98. The van der Waals surface area contributed by atoms with Crippen LogP contribution in [0.4, 0.5) is 5.69 Å². The van der Waals surface area contributed by atoms with Crippen LogP contribution in [0.15, 0.2) is 44.1 Å². The first-order chi connectivity index (χ1) is 13.8. The van der Waals surface area contributed by atoms with Gasteiger partial charge in [-0.1, -0.05) is 22.9 Å². The van der Waals surface area contributed by atoms with Crippen molar-refractivity contribution in [2.45, 2.75) is 33.8 Å². The van der Waals surface area contributed by atoms with Gasteiger partial charge >= 0.3 is 11.6 Å². The Bertz CT molecular complexity index is 1170. The van der Waals surface area contributed by atoms with Gasteiger partial charge in [-0.2, -0.15) is 0 Å². The zero-order valence-corrected chi connectivity index (χ0v) is 17.8. The molecule has 0 aliphatic rings. The predicted molar refractivity (Wildman–Crippen MR) is 112 cm³/mol. The molecule has 0 aliphatic carbocycles. The SMILES string of the molecule is CCC(=O)OCc1cnc(C)c2oc(=O)c(C(=O)Nc3ccc(Br)c(C)c3)cc12. The topological polar surface area (TPSA) is 98.5 Å². The third-order valence-corrected chi connectivity index (χ3v) is 5.26. The summed E-state index contributed by atoms with van der Waals surface area (Å²) >= 11 is 3.40. The van der Waals surface area contributed by atoms with E-state index in [1.807, 2.05) is 13.0 Å². The first kappa shape index (κ1) is 20.7. The molecule has 2 aromatic heterocycles. The Balaban J connectivity index is 2.00. The van der Waals surface area contributed by atoms with E-state index in [1.165, 1.54) is 6.07 Å². The number of aromatic nitrogens is 1. The van der Waals surface area contributed by atoms with Gasteiger partial charge in [-0.05, 0) is 43.7 Å². The van der Waals surface area contributed by atoms with Gasteiger partial charge < -0.3 is 14.5 Å². The number of carbonyl (C=O) groups is 2. The number of halogens is 1. The molecule has 0 radical (unpaired) electrons. The van der Waals surface area contributed by atoms with E-state index in [4.69, 9.17) is 9.15 Å². The van der Waals surface area contributed by atoms with E-state index >= 15 is 0 Å². The number of carbonyl (C=O) groups excluding carboxylic acids is 2. The Morgan fingerprint density at radius 1 is 1.24 bits per heavy atom. The third-order valence-electron chi connectivity index (χ3n) is 4.37. The second-order valence-corrected chi connectivity index (χ2v) is 7.35. The number of esters is 1. The summed E-state index contributed by atoms with van der Waals surface area (Å²) in [6.45, 7) is 5.25. The molecule has 0 saturated heterocycles. The lowest BCUT2D eigenvalue weighted by molar-refractivity contribution is -0.144. The van der Waals surface area contributed by atoms with Gasteiger partial charge in [-0.3, -0.25) is 14.6 Å². The first-order valence-corrected chi connectivity index (χ1v) is 9.75. The minimum Gasteiger partial charge on any atom is -0.461 e. The molecular weight excluding hydrogens is 440 g/mol. The number of benzene rings is 1. The van der Waals surface area contributed by atoms with Crippen molar-refractivity contribution in [3.63, 3.8) is 0 Å². The zero-order valence-electron chi connectivity index (χ0n) is 16.2. The third kappa shape index (κ3) is 4.54. The van der Waals surface area contributed by atoms with E-state index in [-0.39, 0.29) is 30.1 Å². The van der Waals surface area contributed by atoms with Gasteiger partial charge in [0.25, 0.3) is 5.91 Å². The summed E-state index contributed by atoms with van der Waals surface area (Å²) in [4.78, 5) is 40.8. The average molecular weight is 459 g/mol. The summed E-state index contributed by atoms with van der Waals surface area (Å²) in [5.41, 5.74) is 1.88. The second-order valence-electron chi connectivity index (χ2n) is 6.49. The number of fused-ring (bicyclic) bond motifs is 1. The van der Waals surface area contributed by atoms with Gasteiger partial charge in [-0.15, -0.1) is 0 Å². The molecule has 7 nitrogen and oxygen atoms in total. The molecule has 1 N–H and O–H groups in total. The molecule has 0 aliphatic heterocycles. The smallest absolute Gasteiger partial charge is 0.349 e. The van der Waals surface area contributed by atoms with Gasteiger partial charge in [0.1, 0.15) is 12.2 Å². The highest BCUT2D eigenvalue weighted by Gasteiger charge is 2.18. The average Bonchev–Trinajstić information content (AvgIpc) is 2.70. The standard InChI is InChI=1S/C21H19BrN2O5/c1-4-18(25)28-10-13-9-23-12(3)19-15(13)8-16(21(27)29-19)20(26)24-14-5-6-17(22)11(2)7-14/h5-9H,4,10H2,1-3H3,(H,24,26). The van der Waals surface area contributed by atoms with Crippen LogP contribution < -0.4 is 10.9 Å². The predicted octanol–water partition coefficient (Wildman–Crippen LogP) is 4.27. The van der Waals surface area contributed by atoms with Crippen LogP contribution in [0, 0.1) is 13.8 Å². The van der Waals surface area contributed by atoms with Crippen LogP contribution in [-0.4, -0.2) is 16.9 Å². The Kier molecular flexibility index (Phi) is 6.12. The van der Waals surface area contributed by atoms with E-state index < -0.39 is 11.5 Å². The molecule has 1 amide bonds. The molecule has 1 aromatic carbocycles. The largest absolute Gasteiger partial charge is 0.461 e. The van der Waals surface area contributed by atoms with Gasteiger partial charge in [0.2, 0.25) is 0 Å². The number of amides is 1. The number of anilines is 1. The monoisotopic (exact) mass is 458 g/mol. The highest BCUT2D eigenvalue weighted by molar-refractivity contribution is 9.10. The van der Waals surface area contributed by atoms with Crippen molar-refractivity contribution in [1.82, 2.24) is 4.98 Å². The van der Waals surface area contributed by atoms with Crippen molar-refractivity contribution >= 4 is 44.5 Å². The molecule has 0 spiro atoms. The van der Waals surface area contributed by atoms with Gasteiger partial charge in [0.15, 0.2) is 5.58 Å². The first-order valence-electron chi connectivity index (χ1n) is 8.95. The van der Waals surface area contributed by atoms with Crippen LogP contribution >= 0.6 is 15.9 Å². The fourth-order valence-electron chi connectivity index (χ4n) is 2.74. The maximum absolute atomic E-state index is 12.7. The number of nitrogens with one attached hydrogen (secondary N) is 1. The van der Waals surface area contributed by atoms with Crippen LogP contribution in [0.2, 0.25) is 0 Å². The van der Waals surface area contributed by atoms with E-state index in [2.05, 4.69) is 26.2 Å². The van der Waals surface area contributed by atoms with Crippen LogP contribution in [0.1, 0.15) is 40.5 Å². The minimum atomic E-state index is -0.767. The van der Waals surface area contributed by atoms with Crippen LogP contribution in [-0.2, 0) is 16.1 Å². The van der Waals surface area contributed by atoms with Crippen LogP contribution in [0.25, 0.3) is 11.0 Å². The maximum Gasteiger partial charge on any atom is 0.349 e. The molecule has 2 heterocycles. The molecule has 3 rings (SSSR count). The Hall–Kier alpha value is -3.00. The second kappa shape index (κ2) is 8.57. The molecule has 3 aromatic rings. The minimum absolute atomic E-state index is 0.0306. The van der Waals surface area contributed by atoms with Crippen molar-refractivity contribution in [2.75, 3.05) is 5.32 Å². The van der Waals surface area contributed by atoms with Crippen molar-refractivity contribution in [2.24, 2.45) is 0 Å². The summed E-state index contributed by atoms with van der Waals surface area (Å²) in [7, 11) is 0. The zero-order chi connectivity index (χ0) is 21.1. The number of rotatable bonds is 5. The van der Waals surface area contributed by atoms with Gasteiger partial charge in [-0.25, -0.2) is 4.79 Å². The molecule has 150 valence electrons. The number of ether oxygens (including phenoxy) is 1. The van der Waals surface area contributed by atoms with Gasteiger partial charge in [0, 0.05) is 33.7 Å². The molecule has 0 fully saturated rings. The van der Waals surface area contributed by atoms with E-state index in [9.17, 15) is 14.4 Å². The normalized spacial score (nSPS) is 10.8. The van der Waals surface area contributed by atoms with Gasteiger partial charge in [0.05, 0.1) is 5.69 Å². The molecule has 8 heteroatoms. The lowest BCUT2D eigenvalue weighted by Gasteiger charge is -2.10. The van der Waals surface area contributed by atoms with E-state index in [1.54, 1.807) is 32.2 Å². The molecule has 0 unspecified atom stereocenters. The molecule has 0 atom stereocenters. The highest BCUT2D eigenvalue weighted by atomic mass is 79.9. The number of hydrogen-bond donors (Lipinski definition) is 1. The summed E-state index contributed by atoms with van der Waals surface area (Å²) in [5.74, 6) is -0.951. The number of pyridine rings is 1. The Morgan fingerprint density at radius 3 is 2.69 bits per heavy atom. The molecule has 29 heavy (non-hydrogen) atoms.